The molecule has 0 N–H and O–H groups in total. The van der Waals surface area contributed by atoms with Gasteiger partial charge in [0.1, 0.15) is 17.7 Å². The summed E-state index contributed by atoms with van der Waals surface area (Å²) in [5.74, 6) is 0.148. The number of aromatic nitrogens is 4. The van der Waals surface area contributed by atoms with Gasteiger partial charge < -0.3 is 4.90 Å². The van der Waals surface area contributed by atoms with Gasteiger partial charge in [-0.2, -0.15) is 0 Å². The van der Waals surface area contributed by atoms with Crippen molar-refractivity contribution in [2.45, 2.75) is 32.9 Å². The molecule has 2 aromatic carbocycles. The Balaban J connectivity index is 1.85. The van der Waals surface area contributed by atoms with Crippen molar-refractivity contribution in [3.8, 4) is 0 Å². The lowest BCUT2D eigenvalue weighted by Gasteiger charge is -2.25. The van der Waals surface area contributed by atoms with Crippen molar-refractivity contribution in [2.75, 3.05) is 7.05 Å². The molecule has 3 rings (SSSR count). The Morgan fingerprint density at radius 3 is 2.48 bits per heavy atom. The van der Waals surface area contributed by atoms with Gasteiger partial charge in [0.2, 0.25) is 5.91 Å². The van der Waals surface area contributed by atoms with Gasteiger partial charge in [-0.15, -0.1) is 5.10 Å². The Morgan fingerprint density at radius 1 is 1.15 bits per heavy atom. The second-order valence-electron chi connectivity index (χ2n) is 6.64. The first-order valence-corrected chi connectivity index (χ1v) is 8.74. The summed E-state index contributed by atoms with van der Waals surface area (Å²) in [5, 5.41) is 11.6. The van der Waals surface area contributed by atoms with Crippen LogP contribution in [0.15, 0.2) is 48.5 Å². The lowest BCUT2D eigenvalue weighted by atomic mass is 10.0. The molecule has 27 heavy (non-hydrogen) atoms. The summed E-state index contributed by atoms with van der Waals surface area (Å²) < 4.78 is 14.7. The van der Waals surface area contributed by atoms with E-state index in [1.165, 1.54) is 16.8 Å². The molecule has 6 nitrogen and oxygen atoms in total. The highest BCUT2D eigenvalue weighted by Crippen LogP contribution is 2.19. The normalized spacial score (nSPS) is 12.0. The minimum atomic E-state index is -0.598. The Kier molecular flexibility index (Phi) is 5.59. The molecule has 1 unspecified atom stereocenters. The van der Waals surface area contributed by atoms with Crippen LogP contribution in [0.2, 0.25) is 0 Å². The smallest absolute Gasteiger partial charge is 0.247 e. The number of rotatable bonds is 6. The average molecular weight is 367 g/mol. The van der Waals surface area contributed by atoms with Crippen molar-refractivity contribution in [1.82, 2.24) is 25.1 Å². The van der Waals surface area contributed by atoms with Crippen LogP contribution in [0.25, 0.3) is 0 Å². The van der Waals surface area contributed by atoms with E-state index in [4.69, 9.17) is 0 Å². The van der Waals surface area contributed by atoms with Gasteiger partial charge in [-0.1, -0.05) is 36.4 Å². The van der Waals surface area contributed by atoms with Crippen molar-refractivity contribution in [1.29, 1.82) is 0 Å². The second kappa shape index (κ2) is 8.07. The fourth-order valence-corrected chi connectivity index (χ4v) is 3.02. The molecular formula is C20H22FN5O. The highest BCUT2D eigenvalue weighted by Gasteiger charge is 2.27. The quantitative estimate of drug-likeness (QED) is 0.672. The molecule has 0 fully saturated rings. The number of amides is 1. The summed E-state index contributed by atoms with van der Waals surface area (Å²) in [6, 6.07) is 13.5. The number of tetrazole rings is 1. The Hall–Kier alpha value is -3.09. The highest BCUT2D eigenvalue weighted by atomic mass is 19.1. The first-order chi connectivity index (χ1) is 13.0. The fraction of sp³-hybridized carbons (Fsp3) is 0.300. The molecule has 0 saturated carbocycles. The van der Waals surface area contributed by atoms with E-state index in [0.29, 0.717) is 18.8 Å². The van der Waals surface area contributed by atoms with Gasteiger partial charge in [-0.05, 0) is 53.1 Å². The number of hydrogen-bond donors (Lipinski definition) is 0. The van der Waals surface area contributed by atoms with Gasteiger partial charge in [0.25, 0.3) is 0 Å². The van der Waals surface area contributed by atoms with Crippen molar-refractivity contribution in [3.05, 3.63) is 76.9 Å². The van der Waals surface area contributed by atoms with E-state index >= 15 is 0 Å². The first kappa shape index (κ1) is 18.7. The highest BCUT2D eigenvalue weighted by molar-refractivity contribution is 5.80. The predicted molar refractivity (Wildman–Crippen MR) is 99.3 cm³/mol. The third-order valence-corrected chi connectivity index (χ3v) is 4.62. The number of nitrogens with zero attached hydrogens (tertiary/aromatic N) is 5. The molecule has 1 heterocycles. The van der Waals surface area contributed by atoms with Crippen LogP contribution in [0.1, 0.15) is 28.6 Å². The molecule has 1 amide bonds. The molecule has 0 spiro atoms. The summed E-state index contributed by atoms with van der Waals surface area (Å²) in [6.45, 7) is 4.27. The fourth-order valence-electron chi connectivity index (χ4n) is 3.02. The molecule has 0 aliphatic heterocycles. The van der Waals surface area contributed by atoms with Gasteiger partial charge in [-0.3, -0.25) is 4.79 Å². The molecule has 140 valence electrons. The van der Waals surface area contributed by atoms with Gasteiger partial charge in [0.15, 0.2) is 0 Å². The van der Waals surface area contributed by atoms with E-state index < -0.39 is 6.04 Å². The van der Waals surface area contributed by atoms with Crippen LogP contribution in [0, 0.1) is 19.7 Å². The maximum Gasteiger partial charge on any atom is 0.247 e. The average Bonchev–Trinajstić information content (AvgIpc) is 3.08. The summed E-state index contributed by atoms with van der Waals surface area (Å²) in [6.07, 6.45) is 0.378. The molecule has 3 aromatic rings. The van der Waals surface area contributed by atoms with E-state index in [0.717, 1.165) is 16.7 Å². The monoisotopic (exact) mass is 367 g/mol. The second-order valence-corrected chi connectivity index (χ2v) is 6.64. The largest absolute Gasteiger partial charge is 0.340 e. The van der Waals surface area contributed by atoms with Crippen molar-refractivity contribution >= 4 is 5.91 Å². The predicted octanol–water partition coefficient (Wildman–Crippen LogP) is 2.87. The number of hydrogen-bond acceptors (Lipinski definition) is 4. The van der Waals surface area contributed by atoms with Gasteiger partial charge in [0, 0.05) is 20.0 Å². The number of carbonyl (C=O) groups is 1. The van der Waals surface area contributed by atoms with Crippen LogP contribution >= 0.6 is 0 Å². The third kappa shape index (κ3) is 4.36. The van der Waals surface area contributed by atoms with Gasteiger partial charge >= 0.3 is 0 Å². The van der Waals surface area contributed by atoms with Gasteiger partial charge in [-0.25, -0.2) is 9.07 Å². The minimum absolute atomic E-state index is 0.0991. The van der Waals surface area contributed by atoms with E-state index in [2.05, 4.69) is 15.5 Å². The molecule has 0 saturated heterocycles. The van der Waals surface area contributed by atoms with Gasteiger partial charge in [0.05, 0.1) is 0 Å². The number of aryl methyl sites for hydroxylation is 2. The van der Waals surface area contributed by atoms with Crippen molar-refractivity contribution in [2.24, 2.45) is 0 Å². The Labute approximate surface area is 157 Å². The van der Waals surface area contributed by atoms with Crippen LogP contribution in [-0.4, -0.2) is 38.1 Å². The SMILES string of the molecule is Cc1ccccc1CN(C)C(=O)C(Cc1ccc(F)cc1)n1nnnc1C. The molecule has 0 aliphatic rings. The Bertz CT molecular complexity index is 922. The lowest BCUT2D eigenvalue weighted by molar-refractivity contribution is -0.134. The van der Waals surface area contributed by atoms with Crippen LogP contribution in [-0.2, 0) is 17.8 Å². The molecule has 1 aromatic heterocycles. The molecule has 0 bridgehead atoms. The zero-order valence-corrected chi connectivity index (χ0v) is 15.6. The molecule has 7 heteroatoms. The van der Waals surface area contributed by atoms with Crippen molar-refractivity contribution < 1.29 is 9.18 Å². The first-order valence-electron chi connectivity index (χ1n) is 8.74. The summed E-state index contributed by atoms with van der Waals surface area (Å²) in [4.78, 5) is 14.9. The van der Waals surface area contributed by atoms with Crippen LogP contribution < -0.4 is 0 Å². The lowest BCUT2D eigenvalue weighted by Crippen LogP contribution is -2.36. The Morgan fingerprint density at radius 2 is 1.85 bits per heavy atom. The van der Waals surface area contributed by atoms with E-state index in [9.17, 15) is 9.18 Å². The number of benzene rings is 2. The van der Waals surface area contributed by atoms with Crippen LogP contribution in [0.4, 0.5) is 4.39 Å². The maximum absolute atomic E-state index is 13.2. The molecule has 0 radical (unpaired) electrons. The minimum Gasteiger partial charge on any atom is -0.340 e. The summed E-state index contributed by atoms with van der Waals surface area (Å²) >= 11 is 0. The summed E-state index contributed by atoms with van der Waals surface area (Å²) in [7, 11) is 1.77. The van der Waals surface area contributed by atoms with Crippen molar-refractivity contribution in [3.63, 3.8) is 0 Å². The van der Waals surface area contributed by atoms with Crippen LogP contribution in [0.3, 0.4) is 0 Å². The molecule has 1 atom stereocenters. The third-order valence-electron chi connectivity index (χ3n) is 4.62. The summed E-state index contributed by atoms with van der Waals surface area (Å²) in [5.41, 5.74) is 3.06. The number of halogens is 1. The zero-order chi connectivity index (χ0) is 19.4. The van der Waals surface area contributed by atoms with E-state index in [1.807, 2.05) is 31.2 Å². The number of carbonyl (C=O) groups excluding carboxylic acids is 1. The molecule has 0 aliphatic carbocycles. The standard InChI is InChI=1S/C20H22FN5O/c1-14-6-4-5-7-17(14)13-25(3)20(27)19(26-15(2)22-23-24-26)12-16-8-10-18(21)11-9-16/h4-11,19H,12-13H2,1-3H3. The molecular weight excluding hydrogens is 345 g/mol. The van der Waals surface area contributed by atoms with E-state index in [-0.39, 0.29) is 11.7 Å². The van der Waals surface area contributed by atoms with E-state index in [1.54, 1.807) is 31.0 Å². The number of likely N-dealkylation sites (N-methyl/N-ethyl adjacent to an activating group) is 1. The zero-order valence-electron chi connectivity index (χ0n) is 15.6. The maximum atomic E-state index is 13.2. The van der Waals surface area contributed by atoms with Crippen LogP contribution in [0.5, 0.6) is 0 Å². The topological polar surface area (TPSA) is 63.9 Å².